The summed E-state index contributed by atoms with van der Waals surface area (Å²) in [6, 6.07) is 10.5. The molecule has 0 saturated carbocycles. The number of amides is 1. The number of anilines is 2. The van der Waals surface area contributed by atoms with Crippen molar-refractivity contribution in [3.63, 3.8) is 0 Å². The first kappa shape index (κ1) is 27.4. The highest BCUT2D eigenvalue weighted by atomic mass is 35.5. The molecule has 0 saturated heterocycles. The van der Waals surface area contributed by atoms with Gasteiger partial charge in [-0.25, -0.2) is 14.4 Å². The monoisotopic (exact) mass is 574 g/mol. The average molecular weight is 575 g/mol. The molecule has 41 heavy (non-hydrogen) atoms. The molecule has 0 aliphatic carbocycles. The second-order valence-electron chi connectivity index (χ2n) is 8.83. The Hall–Kier alpha value is -5.21. The molecular weight excluding hydrogens is 554 g/mol. The molecule has 0 fully saturated rings. The van der Waals surface area contributed by atoms with E-state index in [4.69, 9.17) is 22.8 Å². The summed E-state index contributed by atoms with van der Waals surface area (Å²) in [5.41, 5.74) is 1.97. The summed E-state index contributed by atoms with van der Waals surface area (Å²) in [4.78, 5) is 32.9. The summed E-state index contributed by atoms with van der Waals surface area (Å²) < 4.78 is 37.5. The van der Waals surface area contributed by atoms with E-state index in [1.807, 2.05) is 0 Å². The molecule has 0 radical (unpaired) electrons. The summed E-state index contributed by atoms with van der Waals surface area (Å²) >= 11 is 6.41. The molecule has 12 heteroatoms. The molecule has 0 spiro atoms. The van der Waals surface area contributed by atoms with E-state index in [1.165, 1.54) is 35.2 Å². The Morgan fingerprint density at radius 3 is 2.73 bits per heavy atom. The van der Waals surface area contributed by atoms with Crippen LogP contribution in [0, 0.1) is 24.0 Å². The number of pyridine rings is 1. The Morgan fingerprint density at radius 1 is 1.15 bits per heavy atom. The summed E-state index contributed by atoms with van der Waals surface area (Å²) in [5.74, 6) is -0.423. The molecule has 5 rings (SSSR count). The van der Waals surface area contributed by atoms with Crippen LogP contribution in [0.5, 0.6) is 5.75 Å². The van der Waals surface area contributed by atoms with E-state index in [0.717, 1.165) is 5.56 Å². The van der Waals surface area contributed by atoms with Gasteiger partial charge in [-0.2, -0.15) is 4.39 Å². The van der Waals surface area contributed by atoms with Gasteiger partial charge < -0.3 is 19.9 Å². The maximum absolute atomic E-state index is 14.9. The van der Waals surface area contributed by atoms with Crippen LogP contribution in [0.15, 0.2) is 72.0 Å². The van der Waals surface area contributed by atoms with Gasteiger partial charge in [0.05, 0.1) is 22.5 Å². The first-order valence-corrected chi connectivity index (χ1v) is 12.5. The van der Waals surface area contributed by atoms with E-state index >= 15 is 0 Å². The number of benzene rings is 2. The fourth-order valence-electron chi connectivity index (χ4n) is 4.11. The highest BCUT2D eigenvalue weighted by Crippen LogP contribution is 2.32. The number of terminal acetylenes is 1. The summed E-state index contributed by atoms with van der Waals surface area (Å²) in [6.07, 6.45) is 11.2. The van der Waals surface area contributed by atoms with Gasteiger partial charge in [-0.3, -0.25) is 14.0 Å². The molecule has 5 aromatic rings. The van der Waals surface area contributed by atoms with Crippen molar-refractivity contribution in [2.24, 2.45) is 7.05 Å². The Morgan fingerprint density at radius 2 is 1.98 bits per heavy atom. The van der Waals surface area contributed by atoms with Crippen molar-refractivity contribution < 1.29 is 18.3 Å². The molecule has 0 aliphatic heterocycles. The van der Waals surface area contributed by atoms with Crippen LogP contribution >= 0.6 is 11.6 Å². The minimum atomic E-state index is -1.16. The molecule has 0 atom stereocenters. The van der Waals surface area contributed by atoms with Gasteiger partial charge in [-0.15, -0.1) is 6.42 Å². The fraction of sp³-hybridized carbons (Fsp3) is 0.103. The highest BCUT2D eigenvalue weighted by Gasteiger charge is 2.20. The lowest BCUT2D eigenvalue weighted by Crippen LogP contribution is -2.24. The number of aryl methyl sites for hydroxylation is 1. The molecule has 0 bridgehead atoms. The lowest BCUT2D eigenvalue weighted by atomic mass is 10.1. The maximum Gasteiger partial charge on any atom is 0.253 e. The Kier molecular flexibility index (Phi) is 7.67. The van der Waals surface area contributed by atoms with Crippen molar-refractivity contribution in [3.05, 3.63) is 105 Å². The number of hydrogen-bond donors (Lipinski definition) is 2. The van der Waals surface area contributed by atoms with Gasteiger partial charge in [0.25, 0.3) is 5.91 Å². The van der Waals surface area contributed by atoms with Gasteiger partial charge in [-0.1, -0.05) is 23.6 Å². The van der Waals surface area contributed by atoms with Gasteiger partial charge >= 0.3 is 0 Å². The third-order valence-corrected chi connectivity index (χ3v) is 6.45. The van der Waals surface area contributed by atoms with Gasteiger partial charge in [-0.05, 0) is 35.9 Å². The number of imidazole rings is 1. The van der Waals surface area contributed by atoms with E-state index in [-0.39, 0.29) is 46.3 Å². The molecule has 3 aromatic heterocycles. The number of halogens is 3. The third kappa shape index (κ3) is 5.59. The number of rotatable bonds is 8. The normalized spacial score (nSPS) is 10.8. The van der Waals surface area contributed by atoms with Gasteiger partial charge in [0.15, 0.2) is 23.0 Å². The molecule has 9 nitrogen and oxygen atoms in total. The van der Waals surface area contributed by atoms with Gasteiger partial charge in [0.2, 0.25) is 11.4 Å². The molecule has 2 N–H and O–H groups in total. The van der Waals surface area contributed by atoms with E-state index in [2.05, 4.69) is 26.5 Å². The van der Waals surface area contributed by atoms with Gasteiger partial charge in [0, 0.05) is 49.5 Å². The van der Waals surface area contributed by atoms with Crippen molar-refractivity contribution in [1.82, 2.24) is 24.3 Å². The quantitative estimate of drug-likeness (QED) is 0.260. The van der Waals surface area contributed by atoms with E-state index < -0.39 is 17.5 Å². The Balaban J connectivity index is 1.35. The smallest absolute Gasteiger partial charge is 0.253 e. The second kappa shape index (κ2) is 11.5. The maximum atomic E-state index is 14.9. The zero-order chi connectivity index (χ0) is 29.1. The fourth-order valence-corrected chi connectivity index (χ4v) is 4.38. The topological polar surface area (TPSA) is 103 Å². The predicted molar refractivity (Wildman–Crippen MR) is 150 cm³/mol. The number of carbonyl (C=O) groups is 1. The number of nitrogens with zero attached hydrogens (tertiary/aromatic N) is 4. The summed E-state index contributed by atoms with van der Waals surface area (Å²) in [7, 11) is 1.63. The number of nitrogens with one attached hydrogen (secondary N) is 2. The lowest BCUT2D eigenvalue weighted by molar-refractivity contribution is 0.0951. The second-order valence-corrected chi connectivity index (χ2v) is 9.24. The van der Waals surface area contributed by atoms with E-state index in [9.17, 15) is 18.4 Å². The van der Waals surface area contributed by atoms with Crippen molar-refractivity contribution in [3.8, 4) is 29.4 Å². The molecule has 206 valence electrons. The first-order valence-electron chi connectivity index (χ1n) is 12.1. The summed E-state index contributed by atoms with van der Waals surface area (Å²) in [6.45, 7) is 0.0150. The van der Waals surface area contributed by atoms with Crippen molar-refractivity contribution >= 4 is 34.7 Å². The predicted octanol–water partition coefficient (Wildman–Crippen LogP) is 4.71. The zero-order valence-corrected chi connectivity index (χ0v) is 22.2. The van der Waals surface area contributed by atoms with Crippen LogP contribution in [-0.2, 0) is 13.6 Å². The third-order valence-electron chi connectivity index (χ3n) is 6.14. The SMILES string of the molecule is C#CCOc1ccc(-c2cnc3c(Nc4ccc(C(=O)NCc5ccc(=O)n(C)c5)c(Cl)c4)nccn23)c(F)c1F. The number of hydrogen-bond acceptors (Lipinski definition) is 6. The van der Waals surface area contributed by atoms with Crippen LogP contribution in [0.2, 0.25) is 5.02 Å². The largest absolute Gasteiger partial charge is 0.478 e. The Bertz CT molecular complexity index is 1900. The first-order chi connectivity index (χ1) is 19.8. The zero-order valence-electron chi connectivity index (χ0n) is 21.5. The molecular formula is C29H21ClF2N6O3. The highest BCUT2D eigenvalue weighted by molar-refractivity contribution is 6.34. The molecule has 1 amide bonds. The van der Waals surface area contributed by atoms with E-state index in [0.29, 0.717) is 17.2 Å². The molecule has 0 aliphatic rings. The number of carbonyl (C=O) groups excluding carboxylic acids is 1. The number of ether oxygens (including phenoxy) is 1. The van der Waals surface area contributed by atoms with Crippen molar-refractivity contribution in [2.45, 2.75) is 6.54 Å². The Labute approximate surface area is 237 Å². The minimum absolute atomic E-state index is 0.0312. The molecule has 2 aromatic carbocycles. The van der Waals surface area contributed by atoms with Crippen LogP contribution in [0.1, 0.15) is 15.9 Å². The van der Waals surface area contributed by atoms with Crippen molar-refractivity contribution in [2.75, 3.05) is 11.9 Å². The standard InChI is InChI=1S/C29H21ClF2N6O3/c1-3-12-41-23-8-7-20(25(31)26(23)32)22-15-34-28-27(33-10-11-38(22)28)36-18-5-6-19(21(30)13-18)29(40)35-14-17-4-9-24(39)37(2)16-17/h1,4-11,13,15-16H,12,14H2,2H3,(H,33,36)(H,35,40). The minimum Gasteiger partial charge on any atom is -0.478 e. The van der Waals surface area contributed by atoms with E-state index in [1.54, 1.807) is 48.1 Å². The molecule has 0 unspecified atom stereocenters. The number of fused-ring (bicyclic) bond motifs is 1. The summed E-state index contributed by atoms with van der Waals surface area (Å²) in [5, 5.41) is 6.06. The van der Waals surface area contributed by atoms with Crippen LogP contribution < -0.4 is 20.9 Å². The number of aromatic nitrogens is 4. The van der Waals surface area contributed by atoms with Crippen molar-refractivity contribution in [1.29, 1.82) is 0 Å². The molecule has 3 heterocycles. The van der Waals surface area contributed by atoms with Crippen LogP contribution in [0.3, 0.4) is 0 Å². The lowest BCUT2D eigenvalue weighted by Gasteiger charge is -2.11. The van der Waals surface area contributed by atoms with Crippen LogP contribution in [0.4, 0.5) is 20.3 Å². The van der Waals surface area contributed by atoms with Crippen LogP contribution in [-0.4, -0.2) is 31.4 Å². The van der Waals surface area contributed by atoms with Crippen LogP contribution in [0.25, 0.3) is 16.9 Å². The average Bonchev–Trinajstić information content (AvgIpc) is 3.39. The van der Waals surface area contributed by atoms with Gasteiger partial charge in [0.1, 0.15) is 6.61 Å².